The largest absolute Gasteiger partial charge is 0.463 e. The van der Waals surface area contributed by atoms with Gasteiger partial charge in [-0.3, -0.25) is 4.90 Å². The van der Waals surface area contributed by atoms with Crippen molar-refractivity contribution in [3.63, 3.8) is 0 Å². The van der Waals surface area contributed by atoms with Crippen molar-refractivity contribution >= 4 is 38.3 Å². The fraction of sp³-hybridized carbons (Fsp3) is 0.292. The Morgan fingerprint density at radius 2 is 1.86 bits per heavy atom. The molecule has 1 saturated heterocycles. The van der Waals surface area contributed by atoms with Crippen LogP contribution in [0.4, 0.5) is 11.6 Å². The summed E-state index contributed by atoms with van der Waals surface area (Å²) in [4.78, 5) is 14.1. The molecule has 0 aliphatic carbocycles. The van der Waals surface area contributed by atoms with E-state index in [0.717, 1.165) is 61.6 Å². The van der Waals surface area contributed by atoms with E-state index in [4.69, 9.17) is 10.2 Å². The van der Waals surface area contributed by atoms with Crippen molar-refractivity contribution in [2.24, 2.45) is 0 Å². The number of sulfonamides is 1. The third kappa shape index (κ3) is 4.30. The number of anilines is 2. The number of fused-ring (bicyclic) bond motifs is 3. The van der Waals surface area contributed by atoms with E-state index in [-0.39, 0.29) is 4.90 Å². The summed E-state index contributed by atoms with van der Waals surface area (Å²) in [6, 6.07) is 12.6. The van der Waals surface area contributed by atoms with Gasteiger partial charge in [-0.2, -0.15) is 14.6 Å². The highest BCUT2D eigenvalue weighted by atomic mass is 32.2. The molecule has 6 rings (SSSR count). The van der Waals surface area contributed by atoms with Gasteiger partial charge in [-0.25, -0.2) is 18.1 Å². The van der Waals surface area contributed by atoms with Gasteiger partial charge >= 0.3 is 0 Å². The zero-order valence-electron chi connectivity index (χ0n) is 20.3. The van der Waals surface area contributed by atoms with Crippen LogP contribution in [0.2, 0.25) is 0 Å². The smallest absolute Gasteiger partial charge is 0.240 e. The Kier molecular flexibility index (Phi) is 5.82. The van der Waals surface area contributed by atoms with Crippen LogP contribution in [0, 0.1) is 0 Å². The number of nitrogen functional groups attached to an aromatic ring is 1. The van der Waals surface area contributed by atoms with E-state index < -0.39 is 10.0 Å². The van der Waals surface area contributed by atoms with Gasteiger partial charge in [0.25, 0.3) is 0 Å². The first kappa shape index (κ1) is 23.5. The summed E-state index contributed by atoms with van der Waals surface area (Å²) in [5, 5.41) is 4.53. The van der Waals surface area contributed by atoms with Crippen LogP contribution in [0.15, 0.2) is 64.4 Å². The Morgan fingerprint density at radius 3 is 2.57 bits per heavy atom. The van der Waals surface area contributed by atoms with Crippen LogP contribution >= 0.6 is 0 Å². The minimum atomic E-state index is -3.43. The van der Waals surface area contributed by atoms with E-state index in [0.29, 0.717) is 17.4 Å². The molecule has 1 fully saturated rings. The van der Waals surface area contributed by atoms with Crippen molar-refractivity contribution in [3.8, 4) is 11.5 Å². The molecule has 1 aromatic carbocycles. The van der Waals surface area contributed by atoms with Crippen LogP contribution in [0.25, 0.3) is 28.1 Å². The third-order valence-electron chi connectivity index (χ3n) is 6.78. The summed E-state index contributed by atoms with van der Waals surface area (Å²) in [7, 11) is -2.02. The lowest BCUT2D eigenvalue weighted by Gasteiger charge is -2.36. The van der Waals surface area contributed by atoms with E-state index in [9.17, 15) is 8.42 Å². The highest BCUT2D eigenvalue weighted by Crippen LogP contribution is 2.26. The van der Waals surface area contributed by atoms with Crippen LogP contribution in [0.5, 0.6) is 0 Å². The molecule has 0 bridgehead atoms. The van der Waals surface area contributed by atoms with Crippen molar-refractivity contribution in [1.29, 1.82) is 0 Å². The van der Waals surface area contributed by atoms with Crippen molar-refractivity contribution in [1.82, 2.24) is 33.8 Å². The topological polar surface area (TPSA) is 140 Å². The molecule has 3 N–H and O–H groups in total. The quantitative estimate of drug-likeness (QED) is 0.327. The average Bonchev–Trinajstić information content (AvgIpc) is 3.68. The summed E-state index contributed by atoms with van der Waals surface area (Å²) in [5.41, 5.74) is 10.2. The number of hydrogen-bond acceptors (Lipinski definition) is 9. The first-order valence-electron chi connectivity index (χ1n) is 12.0. The number of hydrogen-bond donors (Lipinski definition) is 2. The van der Waals surface area contributed by atoms with Crippen LogP contribution < -0.4 is 15.4 Å². The first-order chi connectivity index (χ1) is 17.9. The van der Waals surface area contributed by atoms with Crippen molar-refractivity contribution < 1.29 is 12.8 Å². The lowest BCUT2D eigenvalue weighted by Crippen LogP contribution is -2.47. The van der Waals surface area contributed by atoms with Gasteiger partial charge in [0.1, 0.15) is 16.7 Å². The minimum absolute atomic E-state index is 0.268. The van der Waals surface area contributed by atoms with E-state index >= 15 is 0 Å². The highest BCUT2D eigenvalue weighted by Gasteiger charge is 2.20. The van der Waals surface area contributed by atoms with Gasteiger partial charge in [0.05, 0.1) is 17.5 Å². The van der Waals surface area contributed by atoms with Gasteiger partial charge < -0.3 is 19.6 Å². The maximum atomic E-state index is 12.0. The first-order valence-corrected chi connectivity index (χ1v) is 13.5. The van der Waals surface area contributed by atoms with Crippen molar-refractivity contribution in [2.45, 2.75) is 11.4 Å². The molecule has 192 valence electrons. The van der Waals surface area contributed by atoms with Crippen LogP contribution in [0.1, 0.15) is 0 Å². The lowest BCUT2D eigenvalue weighted by atomic mass is 10.2. The second-order valence-corrected chi connectivity index (χ2v) is 10.8. The fourth-order valence-electron chi connectivity index (χ4n) is 4.70. The van der Waals surface area contributed by atoms with E-state index in [1.807, 2.05) is 34.9 Å². The van der Waals surface area contributed by atoms with Crippen molar-refractivity contribution in [2.75, 3.05) is 50.4 Å². The summed E-state index contributed by atoms with van der Waals surface area (Å²) in [6.45, 7) is 5.10. The summed E-state index contributed by atoms with van der Waals surface area (Å²) in [6.07, 6.45) is 3.41. The van der Waals surface area contributed by atoms with Gasteiger partial charge in [0.15, 0.2) is 11.4 Å². The molecular formula is C24H27N9O3S. The average molecular weight is 522 g/mol. The number of piperazine rings is 1. The number of imidazole rings is 1. The second kappa shape index (κ2) is 9.18. The Labute approximate surface area is 213 Å². The van der Waals surface area contributed by atoms with E-state index in [1.54, 1.807) is 29.2 Å². The normalized spacial score (nSPS) is 15.2. The molecule has 12 nitrogen and oxygen atoms in total. The standard InChI is InChI=1S/C24H27N9O3S/c1-26-37(34,35)18-6-4-17(5-7-18)31-11-8-30(9-12-31)10-13-32-16-27-22-20-15-19(21-3-2-14-36-21)29-33(20)24(25)28-23(22)32/h2-7,14-16,26H,8-13H2,1H3,(H2,25,28). The molecule has 37 heavy (non-hydrogen) atoms. The van der Waals surface area contributed by atoms with Gasteiger partial charge in [0, 0.05) is 45.0 Å². The summed E-state index contributed by atoms with van der Waals surface area (Å²) >= 11 is 0. The molecule has 0 saturated carbocycles. The Balaban J connectivity index is 1.12. The summed E-state index contributed by atoms with van der Waals surface area (Å²) < 4.78 is 35.4. The number of aromatic nitrogens is 5. The lowest BCUT2D eigenvalue weighted by molar-refractivity contribution is 0.249. The molecule has 0 atom stereocenters. The maximum Gasteiger partial charge on any atom is 0.240 e. The maximum absolute atomic E-state index is 12.0. The number of rotatable bonds is 7. The SMILES string of the molecule is CNS(=O)(=O)c1ccc(N2CCN(CCn3cnc4c3nc(N)n3nc(-c5ccco5)cc43)CC2)cc1. The number of nitrogens with one attached hydrogen (secondary N) is 1. The number of furan rings is 1. The van der Waals surface area contributed by atoms with Crippen molar-refractivity contribution in [3.05, 3.63) is 55.1 Å². The zero-order valence-corrected chi connectivity index (χ0v) is 21.1. The molecule has 0 amide bonds. The Bertz CT molecular complexity index is 1650. The van der Waals surface area contributed by atoms with Gasteiger partial charge in [-0.15, -0.1) is 0 Å². The Hall–Kier alpha value is -3.94. The second-order valence-electron chi connectivity index (χ2n) is 8.91. The molecular weight excluding hydrogens is 494 g/mol. The Morgan fingerprint density at radius 1 is 1.08 bits per heavy atom. The van der Waals surface area contributed by atoms with Crippen LogP contribution in [0.3, 0.4) is 0 Å². The molecule has 5 heterocycles. The summed E-state index contributed by atoms with van der Waals surface area (Å²) in [5.74, 6) is 0.956. The van der Waals surface area contributed by atoms with E-state index in [2.05, 4.69) is 29.6 Å². The van der Waals surface area contributed by atoms with Gasteiger partial charge in [-0.05, 0) is 49.5 Å². The van der Waals surface area contributed by atoms with Gasteiger partial charge in [0.2, 0.25) is 16.0 Å². The third-order valence-corrected chi connectivity index (χ3v) is 8.21. The van der Waals surface area contributed by atoms with Gasteiger partial charge in [-0.1, -0.05) is 0 Å². The molecule has 13 heteroatoms. The predicted octanol–water partition coefficient (Wildman–Crippen LogP) is 1.65. The van der Waals surface area contributed by atoms with E-state index in [1.165, 1.54) is 7.05 Å². The molecule has 1 aliphatic heterocycles. The predicted molar refractivity (Wildman–Crippen MR) is 140 cm³/mol. The molecule has 1 aliphatic rings. The molecule has 4 aromatic heterocycles. The molecule has 0 unspecified atom stereocenters. The monoisotopic (exact) mass is 521 g/mol. The highest BCUT2D eigenvalue weighted by molar-refractivity contribution is 7.89. The molecule has 5 aromatic rings. The molecule has 0 radical (unpaired) electrons. The number of nitrogens with two attached hydrogens (primary N) is 1. The number of nitrogens with zero attached hydrogens (tertiary/aromatic N) is 7. The van der Waals surface area contributed by atoms with Crippen LogP contribution in [-0.2, 0) is 16.6 Å². The molecule has 0 spiro atoms. The zero-order chi connectivity index (χ0) is 25.6. The van der Waals surface area contributed by atoms with Crippen LogP contribution in [-0.4, -0.2) is 77.2 Å². The number of benzene rings is 1. The minimum Gasteiger partial charge on any atom is -0.463 e. The fourth-order valence-corrected chi connectivity index (χ4v) is 5.43.